The molecule has 4 aliphatic rings. The Kier molecular flexibility index (Phi) is 6.18. The van der Waals surface area contributed by atoms with E-state index in [4.69, 9.17) is 9.72 Å². The molecule has 42 heavy (non-hydrogen) atoms. The average molecular weight is 567 g/mol. The van der Waals surface area contributed by atoms with Crippen LogP contribution in [0.1, 0.15) is 18.4 Å². The zero-order valence-electron chi connectivity index (χ0n) is 23.5. The van der Waals surface area contributed by atoms with Crippen LogP contribution < -0.4 is 15.0 Å². The molecule has 0 radical (unpaired) electrons. The number of aliphatic imine (C=N–C) groups is 1. The number of piperazine rings is 1. The van der Waals surface area contributed by atoms with Gasteiger partial charge in [0.25, 0.3) is 0 Å². The lowest BCUT2D eigenvalue weighted by Gasteiger charge is -2.42. The van der Waals surface area contributed by atoms with Crippen molar-refractivity contribution in [3.05, 3.63) is 78.6 Å². The Morgan fingerprint density at radius 3 is 2.88 bits per heavy atom. The first-order valence-corrected chi connectivity index (χ1v) is 14.1. The van der Waals surface area contributed by atoms with Crippen molar-refractivity contribution >= 4 is 40.6 Å². The molecule has 1 spiro atoms. The molecule has 1 amide bonds. The minimum atomic E-state index is -0.439. The topological polar surface area (TPSA) is 99.1 Å². The lowest BCUT2D eigenvalue weighted by Crippen LogP contribution is -2.57. The lowest BCUT2D eigenvalue weighted by molar-refractivity contribution is -0.129. The highest BCUT2D eigenvalue weighted by molar-refractivity contribution is 5.89. The Labute approximate surface area is 242 Å². The van der Waals surface area contributed by atoms with Gasteiger partial charge >= 0.3 is 0 Å². The second-order valence-electron chi connectivity index (χ2n) is 11.2. The number of ether oxygens (including phenoxy) is 1. The number of aromatic nitrogens is 3. The minimum Gasteiger partial charge on any atom is -0.457 e. The van der Waals surface area contributed by atoms with Gasteiger partial charge in [-0.1, -0.05) is 12.7 Å². The number of fused-ring (bicyclic) bond motifs is 2. The minimum absolute atomic E-state index is 0.0159. The van der Waals surface area contributed by atoms with E-state index < -0.39 is 5.82 Å². The smallest absolute Gasteiger partial charge is 0.246 e. The summed E-state index contributed by atoms with van der Waals surface area (Å²) in [6.07, 6.45) is 12.5. The highest BCUT2D eigenvalue weighted by Crippen LogP contribution is 2.45. The Bertz CT molecular complexity index is 1700. The van der Waals surface area contributed by atoms with Gasteiger partial charge in [-0.25, -0.2) is 19.3 Å². The van der Waals surface area contributed by atoms with Crippen LogP contribution in [0.4, 0.5) is 21.7 Å². The quantitative estimate of drug-likeness (QED) is 0.445. The number of amides is 1. The second-order valence-corrected chi connectivity index (χ2v) is 11.2. The molecule has 4 heterocycles. The van der Waals surface area contributed by atoms with Crippen LogP contribution in [-0.4, -0.2) is 81.3 Å². The van der Waals surface area contributed by atoms with Gasteiger partial charge in [0, 0.05) is 32.2 Å². The summed E-state index contributed by atoms with van der Waals surface area (Å²) in [7, 11) is 1.98. The number of hydrogen-bond acceptors (Lipinski definition) is 9. The number of carbonyl (C=O) groups is 1. The van der Waals surface area contributed by atoms with E-state index in [0.29, 0.717) is 53.6 Å². The van der Waals surface area contributed by atoms with Gasteiger partial charge < -0.3 is 24.8 Å². The van der Waals surface area contributed by atoms with Crippen molar-refractivity contribution in [3.8, 4) is 5.75 Å². The third kappa shape index (κ3) is 4.45. The molecule has 7 rings (SSSR count). The van der Waals surface area contributed by atoms with Crippen molar-refractivity contribution < 1.29 is 13.9 Å². The first kappa shape index (κ1) is 26.1. The molecule has 2 fully saturated rings. The maximum atomic E-state index is 15.6. The van der Waals surface area contributed by atoms with Gasteiger partial charge in [-0.15, -0.1) is 0 Å². The third-order valence-electron chi connectivity index (χ3n) is 8.56. The van der Waals surface area contributed by atoms with Crippen molar-refractivity contribution in [1.29, 1.82) is 0 Å². The van der Waals surface area contributed by atoms with Crippen LogP contribution in [0.2, 0.25) is 0 Å². The van der Waals surface area contributed by atoms with E-state index in [9.17, 15) is 4.79 Å². The van der Waals surface area contributed by atoms with Gasteiger partial charge in [0.1, 0.15) is 29.2 Å². The summed E-state index contributed by atoms with van der Waals surface area (Å²) in [5, 5.41) is 3.13. The first-order chi connectivity index (χ1) is 20.3. The predicted molar refractivity (Wildman–Crippen MR) is 160 cm³/mol. The first-order valence-electron chi connectivity index (χ1n) is 14.1. The molecule has 11 heteroatoms. The second kappa shape index (κ2) is 9.93. The van der Waals surface area contributed by atoms with Crippen molar-refractivity contribution in [2.24, 2.45) is 4.99 Å². The van der Waals surface area contributed by atoms with Gasteiger partial charge in [0.05, 0.1) is 35.2 Å². The molecule has 10 nitrogen and oxygen atoms in total. The zero-order chi connectivity index (χ0) is 29.0. The number of hydrogen-bond donors (Lipinski definition) is 1. The van der Waals surface area contributed by atoms with E-state index in [0.717, 1.165) is 18.7 Å². The Balaban J connectivity index is 1.12. The van der Waals surface area contributed by atoms with Crippen LogP contribution in [0.15, 0.2) is 72.2 Å². The number of carbonyl (C=O) groups excluding carboxylic acids is 1. The summed E-state index contributed by atoms with van der Waals surface area (Å²) in [5.74, 6) is 1.77. The number of pyridine rings is 1. The Hall–Kier alpha value is -4.80. The standard InChI is InChI=1S/C31H31FN8O2/c1-4-27(41)40-14-13-39(16-31(40)11-12-31)26-10-7-22-29(37-26)30(34-17-33-22)36-21-6-9-25(19(2)28(21)32)42-20-5-8-24-23(15-20)35-18-38(24)3/h4-10,15,17-18,23-24H,1,11-14,16H2,2-3H3,(H,33,34,36). The fourth-order valence-electron chi connectivity index (χ4n) is 5.99. The van der Waals surface area contributed by atoms with Crippen molar-refractivity contribution in [2.45, 2.75) is 37.4 Å². The number of nitrogens with zero attached hydrogens (tertiary/aromatic N) is 7. The SMILES string of the molecule is C=CC(=O)N1CCN(c2ccc3ncnc(Nc4ccc(OC5=CC6N=CN(C)C6C=C5)c(C)c4F)c3n2)CC12CC2. The lowest BCUT2D eigenvalue weighted by atomic mass is 10.0. The predicted octanol–water partition coefficient (Wildman–Crippen LogP) is 4.13. The molecule has 1 N–H and O–H groups in total. The van der Waals surface area contributed by atoms with Crippen LogP contribution in [-0.2, 0) is 4.79 Å². The van der Waals surface area contributed by atoms with E-state index >= 15 is 4.39 Å². The van der Waals surface area contributed by atoms with Crippen molar-refractivity contribution in [1.82, 2.24) is 24.8 Å². The summed E-state index contributed by atoms with van der Waals surface area (Å²) >= 11 is 0. The molecule has 2 aliphatic carbocycles. The molecule has 2 unspecified atom stereocenters. The summed E-state index contributed by atoms with van der Waals surface area (Å²) in [6, 6.07) is 7.37. The number of anilines is 3. The molecule has 1 saturated carbocycles. The van der Waals surface area contributed by atoms with Gasteiger partial charge in [-0.3, -0.25) is 9.79 Å². The molecule has 214 valence electrons. The Morgan fingerprint density at radius 1 is 1.21 bits per heavy atom. The highest BCUT2D eigenvalue weighted by Gasteiger charge is 2.52. The van der Waals surface area contributed by atoms with Crippen LogP contribution >= 0.6 is 0 Å². The molecule has 2 aromatic heterocycles. The largest absolute Gasteiger partial charge is 0.457 e. The van der Waals surface area contributed by atoms with E-state index in [-0.39, 0.29) is 29.2 Å². The van der Waals surface area contributed by atoms with E-state index in [2.05, 4.69) is 31.8 Å². The van der Waals surface area contributed by atoms with Gasteiger partial charge in [0.2, 0.25) is 5.91 Å². The summed E-state index contributed by atoms with van der Waals surface area (Å²) in [5.41, 5.74) is 1.65. The van der Waals surface area contributed by atoms with Gasteiger partial charge in [0.15, 0.2) is 11.6 Å². The molecule has 0 bridgehead atoms. The number of rotatable bonds is 6. The summed E-state index contributed by atoms with van der Waals surface area (Å²) in [6.45, 7) is 7.31. The van der Waals surface area contributed by atoms with Crippen molar-refractivity contribution in [2.75, 3.05) is 36.9 Å². The molecule has 1 saturated heterocycles. The average Bonchev–Trinajstić information content (AvgIpc) is 3.67. The van der Waals surface area contributed by atoms with Crippen LogP contribution in [0, 0.1) is 12.7 Å². The number of likely N-dealkylation sites (N-methyl/N-ethyl adjacent to an activating group) is 1. The van der Waals surface area contributed by atoms with Crippen molar-refractivity contribution in [3.63, 3.8) is 0 Å². The van der Waals surface area contributed by atoms with Crippen LogP contribution in [0.3, 0.4) is 0 Å². The molecule has 2 atom stereocenters. The monoisotopic (exact) mass is 566 g/mol. The molecular weight excluding hydrogens is 535 g/mol. The maximum absolute atomic E-state index is 15.6. The Morgan fingerprint density at radius 2 is 2.07 bits per heavy atom. The normalized spacial score (nSPS) is 21.9. The number of allylic oxidation sites excluding steroid dienone is 1. The number of halogens is 1. The highest BCUT2D eigenvalue weighted by atomic mass is 19.1. The molecule has 1 aromatic carbocycles. The third-order valence-corrected chi connectivity index (χ3v) is 8.56. The number of benzene rings is 1. The van der Waals surface area contributed by atoms with E-state index in [1.807, 2.05) is 53.5 Å². The van der Waals surface area contributed by atoms with Crippen LogP contribution in [0.5, 0.6) is 5.75 Å². The number of nitrogens with one attached hydrogen (secondary N) is 1. The van der Waals surface area contributed by atoms with E-state index in [1.54, 1.807) is 19.1 Å². The fourth-order valence-corrected chi connectivity index (χ4v) is 5.99. The van der Waals surface area contributed by atoms with Gasteiger partial charge in [-0.05, 0) is 62.3 Å². The molecule has 2 aliphatic heterocycles. The molecule has 3 aromatic rings. The van der Waals surface area contributed by atoms with Gasteiger partial charge in [-0.2, -0.15) is 0 Å². The van der Waals surface area contributed by atoms with E-state index in [1.165, 1.54) is 12.4 Å². The maximum Gasteiger partial charge on any atom is 0.246 e. The summed E-state index contributed by atoms with van der Waals surface area (Å²) < 4.78 is 21.7. The molecular formula is C31H31FN8O2. The zero-order valence-corrected chi connectivity index (χ0v) is 23.5. The fraction of sp³-hybridized carbons (Fsp3) is 0.323. The van der Waals surface area contributed by atoms with Crippen LogP contribution in [0.25, 0.3) is 11.0 Å². The summed E-state index contributed by atoms with van der Waals surface area (Å²) in [4.78, 5) is 36.7.